The maximum atomic E-state index is 12.1. The first-order chi connectivity index (χ1) is 8.10. The molecule has 0 amide bonds. The van der Waals surface area contributed by atoms with Crippen LogP contribution in [0.1, 0.15) is 30.6 Å². The molecule has 0 aliphatic rings. The molecule has 1 aromatic carbocycles. The number of benzene rings is 1. The van der Waals surface area contributed by atoms with Crippen molar-refractivity contribution in [1.82, 2.24) is 0 Å². The third-order valence-electron chi connectivity index (χ3n) is 2.42. The molecule has 0 radical (unpaired) electrons. The Balaban J connectivity index is 2.86. The van der Waals surface area contributed by atoms with Crippen LogP contribution >= 0.6 is 15.9 Å². The molecule has 4 heteroatoms. The molecule has 0 saturated heterocycles. The van der Waals surface area contributed by atoms with Crippen LogP contribution in [0, 0.1) is 5.92 Å². The zero-order chi connectivity index (χ0) is 12.8. The average molecular weight is 299 g/mol. The monoisotopic (exact) mass is 298 g/mol. The van der Waals surface area contributed by atoms with E-state index in [4.69, 9.17) is 4.74 Å². The largest absolute Gasteiger partial charge is 0.465 e. The van der Waals surface area contributed by atoms with Crippen LogP contribution < -0.4 is 0 Å². The number of carbonyl (C=O) groups is 2. The number of ketones is 1. The highest BCUT2D eigenvalue weighted by Gasteiger charge is 2.26. The summed E-state index contributed by atoms with van der Waals surface area (Å²) in [6.45, 7) is 3.83. The minimum Gasteiger partial charge on any atom is -0.465 e. The highest BCUT2D eigenvalue weighted by atomic mass is 79.9. The van der Waals surface area contributed by atoms with E-state index in [1.165, 1.54) is 0 Å². The Hall–Kier alpha value is -1.16. The summed E-state index contributed by atoms with van der Waals surface area (Å²) in [6, 6.07) is 6.97. The molecule has 0 bridgehead atoms. The molecule has 0 aliphatic heterocycles. The van der Waals surface area contributed by atoms with Gasteiger partial charge in [0, 0.05) is 10.0 Å². The molecule has 0 saturated carbocycles. The van der Waals surface area contributed by atoms with Crippen LogP contribution in [0.25, 0.3) is 0 Å². The van der Waals surface area contributed by atoms with Crippen LogP contribution in [0.15, 0.2) is 28.7 Å². The van der Waals surface area contributed by atoms with Gasteiger partial charge in [-0.2, -0.15) is 0 Å². The highest BCUT2D eigenvalue weighted by molar-refractivity contribution is 9.10. The van der Waals surface area contributed by atoms with Crippen molar-refractivity contribution in [3.8, 4) is 0 Å². The Morgan fingerprint density at radius 3 is 2.29 bits per heavy atom. The number of esters is 1. The van der Waals surface area contributed by atoms with Gasteiger partial charge >= 0.3 is 5.97 Å². The zero-order valence-corrected chi connectivity index (χ0v) is 11.5. The van der Waals surface area contributed by atoms with Crippen LogP contribution in [0.5, 0.6) is 0 Å². The van der Waals surface area contributed by atoms with E-state index < -0.39 is 11.9 Å². The van der Waals surface area contributed by atoms with Gasteiger partial charge < -0.3 is 4.74 Å². The first-order valence-corrected chi connectivity index (χ1v) is 6.35. The normalized spacial score (nSPS) is 11.9. The quantitative estimate of drug-likeness (QED) is 0.476. The molecule has 0 spiro atoms. The molecule has 0 N–H and O–H groups in total. The molecule has 1 rings (SSSR count). The van der Waals surface area contributed by atoms with Gasteiger partial charge in [0.25, 0.3) is 0 Å². The van der Waals surface area contributed by atoms with Crippen molar-refractivity contribution in [1.29, 1.82) is 0 Å². The lowest BCUT2D eigenvalue weighted by Crippen LogP contribution is -2.25. The maximum absolute atomic E-state index is 12.1. The molecule has 1 atom stereocenters. The molecule has 1 aromatic rings. The van der Waals surface area contributed by atoms with Gasteiger partial charge in [-0.25, -0.2) is 0 Å². The summed E-state index contributed by atoms with van der Waals surface area (Å²) in [5, 5.41) is 0. The van der Waals surface area contributed by atoms with Crippen LogP contribution in [0.3, 0.4) is 0 Å². The fourth-order valence-electron chi connectivity index (χ4n) is 1.52. The summed E-state index contributed by atoms with van der Waals surface area (Å²) in [7, 11) is 0. The molecule has 1 unspecified atom stereocenters. The lowest BCUT2D eigenvalue weighted by atomic mass is 9.95. The molecular formula is C13H15BrO3. The van der Waals surface area contributed by atoms with Crippen molar-refractivity contribution in [3.05, 3.63) is 34.3 Å². The second kappa shape index (κ2) is 6.55. The fourth-order valence-corrected chi connectivity index (χ4v) is 1.78. The van der Waals surface area contributed by atoms with Crippen molar-refractivity contribution >= 4 is 27.7 Å². The number of hydrogen-bond donors (Lipinski definition) is 0. The third kappa shape index (κ3) is 3.66. The molecule has 0 aliphatic carbocycles. The first-order valence-electron chi connectivity index (χ1n) is 5.56. The third-order valence-corrected chi connectivity index (χ3v) is 2.95. The lowest BCUT2D eigenvalue weighted by molar-refractivity contribution is -0.146. The molecular weight excluding hydrogens is 284 g/mol. The minimum atomic E-state index is -0.698. The Morgan fingerprint density at radius 2 is 1.82 bits per heavy atom. The van der Waals surface area contributed by atoms with E-state index in [0.29, 0.717) is 18.6 Å². The van der Waals surface area contributed by atoms with E-state index in [1.54, 1.807) is 38.1 Å². The number of Topliss-reactive ketones (excluding diaryl/α,β-unsaturated/α-hetero) is 1. The molecule has 17 heavy (non-hydrogen) atoms. The van der Waals surface area contributed by atoms with Gasteiger partial charge in [-0.15, -0.1) is 0 Å². The minimum absolute atomic E-state index is 0.182. The predicted molar refractivity (Wildman–Crippen MR) is 68.9 cm³/mol. The van der Waals surface area contributed by atoms with Crippen molar-refractivity contribution in [3.63, 3.8) is 0 Å². The maximum Gasteiger partial charge on any atom is 0.316 e. The van der Waals surface area contributed by atoms with Gasteiger partial charge in [-0.05, 0) is 25.5 Å². The summed E-state index contributed by atoms with van der Waals surface area (Å²) in [5.41, 5.74) is 0.535. The van der Waals surface area contributed by atoms with Crippen molar-refractivity contribution < 1.29 is 14.3 Å². The van der Waals surface area contributed by atoms with Crippen molar-refractivity contribution in [2.45, 2.75) is 20.3 Å². The molecule has 92 valence electrons. The zero-order valence-electron chi connectivity index (χ0n) is 9.90. The predicted octanol–water partition coefficient (Wildman–Crippen LogP) is 3.22. The average Bonchev–Trinajstić information content (AvgIpc) is 2.31. The van der Waals surface area contributed by atoms with Gasteiger partial charge in [0.15, 0.2) is 5.78 Å². The summed E-state index contributed by atoms with van der Waals surface area (Å²) in [5.74, 6) is -1.32. The Kier molecular flexibility index (Phi) is 5.35. The van der Waals surface area contributed by atoms with Gasteiger partial charge in [-0.3, -0.25) is 9.59 Å². The van der Waals surface area contributed by atoms with Crippen molar-refractivity contribution in [2.75, 3.05) is 6.61 Å². The highest BCUT2D eigenvalue weighted by Crippen LogP contribution is 2.17. The Labute approximate surface area is 109 Å². The standard InChI is InChI=1S/C13H15BrO3/c1-3-11(13(16)17-4-2)12(15)9-5-7-10(14)8-6-9/h5-8,11H,3-4H2,1-2H3. The molecule has 0 aromatic heterocycles. The van der Waals surface area contributed by atoms with Crippen molar-refractivity contribution in [2.24, 2.45) is 5.92 Å². The van der Waals surface area contributed by atoms with Gasteiger partial charge in [0.2, 0.25) is 0 Å². The number of halogens is 1. The van der Waals surface area contributed by atoms with Crippen LogP contribution in [-0.2, 0) is 9.53 Å². The van der Waals surface area contributed by atoms with E-state index in [0.717, 1.165) is 4.47 Å². The first kappa shape index (κ1) is 13.9. The second-order valence-corrected chi connectivity index (χ2v) is 4.50. The summed E-state index contributed by atoms with van der Waals surface area (Å²) in [4.78, 5) is 23.7. The van der Waals surface area contributed by atoms with Crippen LogP contribution in [-0.4, -0.2) is 18.4 Å². The summed E-state index contributed by atoms with van der Waals surface area (Å²) >= 11 is 3.30. The molecule has 3 nitrogen and oxygen atoms in total. The van der Waals surface area contributed by atoms with Crippen LogP contribution in [0.4, 0.5) is 0 Å². The lowest BCUT2D eigenvalue weighted by Gasteiger charge is -2.12. The smallest absolute Gasteiger partial charge is 0.316 e. The van der Waals surface area contributed by atoms with Gasteiger partial charge in [0.1, 0.15) is 5.92 Å². The number of hydrogen-bond acceptors (Lipinski definition) is 3. The number of carbonyl (C=O) groups excluding carboxylic acids is 2. The summed E-state index contributed by atoms with van der Waals surface area (Å²) in [6.07, 6.45) is 0.452. The topological polar surface area (TPSA) is 43.4 Å². The van der Waals surface area contributed by atoms with E-state index in [-0.39, 0.29) is 5.78 Å². The summed E-state index contributed by atoms with van der Waals surface area (Å²) < 4.78 is 5.79. The van der Waals surface area contributed by atoms with E-state index in [1.807, 2.05) is 0 Å². The Bertz CT molecular complexity index is 398. The molecule has 0 fully saturated rings. The number of rotatable bonds is 5. The Morgan fingerprint density at radius 1 is 1.24 bits per heavy atom. The number of ether oxygens (including phenoxy) is 1. The van der Waals surface area contributed by atoms with Gasteiger partial charge in [-0.1, -0.05) is 35.0 Å². The van der Waals surface area contributed by atoms with E-state index in [9.17, 15) is 9.59 Å². The van der Waals surface area contributed by atoms with Gasteiger partial charge in [0.05, 0.1) is 6.61 Å². The fraction of sp³-hybridized carbons (Fsp3) is 0.385. The van der Waals surface area contributed by atoms with E-state index in [2.05, 4.69) is 15.9 Å². The van der Waals surface area contributed by atoms with E-state index >= 15 is 0 Å². The SMILES string of the molecule is CCOC(=O)C(CC)C(=O)c1ccc(Br)cc1. The molecule has 0 heterocycles. The second-order valence-electron chi connectivity index (χ2n) is 3.58. The van der Waals surface area contributed by atoms with Crippen LogP contribution in [0.2, 0.25) is 0 Å².